The molecule has 1 aliphatic carbocycles. The SMILES string of the molecule is O=S(=O)(c1ccccc1F)N1CCN2C[C@H](Oc3cnc(C4CC4)cn3)C[C@H]2C1. The third-order valence-corrected chi connectivity index (χ3v) is 7.82. The molecular weight excluding hydrogens is 395 g/mol. The van der Waals surface area contributed by atoms with Crippen LogP contribution >= 0.6 is 0 Å². The fourth-order valence-electron chi connectivity index (χ4n) is 4.21. The zero-order valence-corrected chi connectivity index (χ0v) is 16.8. The molecule has 1 aromatic heterocycles. The average Bonchev–Trinajstić information content (AvgIpc) is 3.48. The standard InChI is InChI=1S/C20H23FN4O3S/c21-17-3-1-2-4-19(17)29(26,27)25-8-7-24-13-16(9-15(24)12-25)28-20-11-22-18(10-23-20)14-5-6-14/h1-4,10-11,14-16H,5-9,12-13H2/t15-,16+/m0/s1. The van der Waals surface area contributed by atoms with Crippen LogP contribution in [-0.2, 0) is 10.0 Å². The maximum absolute atomic E-state index is 14.0. The van der Waals surface area contributed by atoms with E-state index < -0.39 is 15.8 Å². The van der Waals surface area contributed by atoms with Gasteiger partial charge in [0.15, 0.2) is 0 Å². The molecule has 0 N–H and O–H groups in total. The first-order chi connectivity index (χ1) is 14.0. The van der Waals surface area contributed by atoms with Gasteiger partial charge in [0.25, 0.3) is 0 Å². The van der Waals surface area contributed by atoms with Crippen molar-refractivity contribution in [2.75, 3.05) is 26.2 Å². The van der Waals surface area contributed by atoms with Crippen molar-refractivity contribution < 1.29 is 17.5 Å². The van der Waals surface area contributed by atoms with Gasteiger partial charge in [-0.25, -0.2) is 17.8 Å². The number of nitrogens with zero attached hydrogens (tertiary/aromatic N) is 4. The molecule has 5 rings (SSSR count). The number of sulfonamides is 1. The van der Waals surface area contributed by atoms with Gasteiger partial charge in [-0.15, -0.1) is 0 Å². The fraction of sp³-hybridized carbons (Fsp3) is 0.500. The lowest BCUT2D eigenvalue weighted by atomic mass is 10.2. The Hall–Kier alpha value is -2.10. The van der Waals surface area contributed by atoms with Crippen molar-refractivity contribution in [1.29, 1.82) is 0 Å². The number of piperazine rings is 1. The largest absolute Gasteiger partial charge is 0.472 e. The van der Waals surface area contributed by atoms with Crippen molar-refractivity contribution in [3.05, 3.63) is 48.2 Å². The first-order valence-corrected chi connectivity index (χ1v) is 11.4. The van der Waals surface area contributed by atoms with Gasteiger partial charge in [0.05, 0.1) is 18.1 Å². The lowest BCUT2D eigenvalue weighted by molar-refractivity contribution is 0.151. The second kappa shape index (κ2) is 7.30. The number of aromatic nitrogens is 2. The summed E-state index contributed by atoms with van der Waals surface area (Å²) in [6.07, 6.45) is 6.48. The Morgan fingerprint density at radius 1 is 1.07 bits per heavy atom. The molecule has 2 aliphatic heterocycles. The van der Waals surface area contributed by atoms with E-state index in [-0.39, 0.29) is 17.0 Å². The van der Waals surface area contributed by atoms with Crippen molar-refractivity contribution >= 4 is 10.0 Å². The van der Waals surface area contributed by atoms with Crippen molar-refractivity contribution in [3.8, 4) is 5.88 Å². The average molecular weight is 418 g/mol. The molecule has 1 saturated carbocycles. The predicted molar refractivity (Wildman–Crippen MR) is 104 cm³/mol. The Labute approximate surface area is 169 Å². The van der Waals surface area contributed by atoms with E-state index in [1.807, 2.05) is 0 Å². The summed E-state index contributed by atoms with van der Waals surface area (Å²) in [5, 5.41) is 0. The number of fused-ring (bicyclic) bond motifs is 1. The van der Waals surface area contributed by atoms with Gasteiger partial charge in [-0.1, -0.05) is 12.1 Å². The van der Waals surface area contributed by atoms with Gasteiger partial charge in [-0.3, -0.25) is 9.88 Å². The second-order valence-corrected chi connectivity index (χ2v) is 9.88. The van der Waals surface area contributed by atoms with Crippen LogP contribution in [0, 0.1) is 5.82 Å². The van der Waals surface area contributed by atoms with Crippen molar-refractivity contribution in [2.24, 2.45) is 0 Å². The van der Waals surface area contributed by atoms with Gasteiger partial charge in [0, 0.05) is 44.6 Å². The third-order valence-electron chi connectivity index (χ3n) is 5.93. The molecule has 7 nitrogen and oxygen atoms in total. The lowest BCUT2D eigenvalue weighted by Crippen LogP contribution is -2.52. The van der Waals surface area contributed by atoms with Gasteiger partial charge < -0.3 is 4.74 Å². The third kappa shape index (κ3) is 3.74. The van der Waals surface area contributed by atoms with Gasteiger partial charge in [0.2, 0.25) is 15.9 Å². The molecule has 9 heteroatoms. The molecule has 1 aromatic carbocycles. The topological polar surface area (TPSA) is 75.6 Å². The Kier molecular flexibility index (Phi) is 4.76. The number of hydrogen-bond acceptors (Lipinski definition) is 6. The maximum Gasteiger partial charge on any atom is 0.246 e. The normalized spacial score (nSPS) is 25.7. The van der Waals surface area contributed by atoms with Crippen LogP contribution in [0.25, 0.3) is 0 Å². The van der Waals surface area contributed by atoms with E-state index in [1.54, 1.807) is 18.5 Å². The minimum absolute atomic E-state index is 0.0500. The summed E-state index contributed by atoms with van der Waals surface area (Å²) in [7, 11) is -3.85. The first kappa shape index (κ1) is 18.9. The van der Waals surface area contributed by atoms with E-state index in [0.717, 1.165) is 12.2 Å². The van der Waals surface area contributed by atoms with Crippen LogP contribution in [-0.4, -0.2) is 65.9 Å². The molecule has 2 aromatic rings. The summed E-state index contributed by atoms with van der Waals surface area (Å²) in [5.74, 6) is 0.352. The lowest BCUT2D eigenvalue weighted by Gasteiger charge is -2.36. The fourth-order valence-corrected chi connectivity index (χ4v) is 5.75. The van der Waals surface area contributed by atoms with E-state index in [2.05, 4.69) is 14.9 Å². The predicted octanol–water partition coefficient (Wildman–Crippen LogP) is 2.02. The minimum atomic E-state index is -3.85. The smallest absolute Gasteiger partial charge is 0.246 e. The summed E-state index contributed by atoms with van der Waals surface area (Å²) in [6, 6.07) is 5.58. The molecule has 2 saturated heterocycles. The molecule has 154 valence electrons. The molecule has 0 radical (unpaired) electrons. The second-order valence-electron chi connectivity index (χ2n) is 7.97. The van der Waals surface area contributed by atoms with Crippen LogP contribution in [0.4, 0.5) is 4.39 Å². The van der Waals surface area contributed by atoms with Crippen LogP contribution in [0.1, 0.15) is 30.9 Å². The highest BCUT2D eigenvalue weighted by molar-refractivity contribution is 7.89. The van der Waals surface area contributed by atoms with Crippen LogP contribution in [0.3, 0.4) is 0 Å². The summed E-state index contributed by atoms with van der Waals surface area (Å²) in [4.78, 5) is 10.8. The van der Waals surface area contributed by atoms with Crippen molar-refractivity contribution in [3.63, 3.8) is 0 Å². The highest BCUT2D eigenvalue weighted by Gasteiger charge is 2.41. The molecule has 2 atom stereocenters. The zero-order valence-electron chi connectivity index (χ0n) is 15.9. The highest BCUT2D eigenvalue weighted by atomic mass is 32.2. The molecular formula is C20H23FN4O3S. The van der Waals surface area contributed by atoms with E-state index in [1.165, 1.54) is 35.3 Å². The summed E-state index contributed by atoms with van der Waals surface area (Å²) >= 11 is 0. The van der Waals surface area contributed by atoms with Gasteiger partial charge in [-0.05, 0) is 25.0 Å². The number of halogens is 1. The van der Waals surface area contributed by atoms with E-state index in [4.69, 9.17) is 4.74 Å². The molecule has 0 spiro atoms. The van der Waals surface area contributed by atoms with Gasteiger partial charge in [-0.2, -0.15) is 4.31 Å². The maximum atomic E-state index is 14.0. The summed E-state index contributed by atoms with van der Waals surface area (Å²) in [6.45, 7) is 2.01. The molecule has 3 aliphatic rings. The Balaban J connectivity index is 1.24. The Morgan fingerprint density at radius 3 is 2.62 bits per heavy atom. The Bertz CT molecular complexity index is 997. The molecule has 29 heavy (non-hydrogen) atoms. The number of rotatable bonds is 5. The molecule has 3 fully saturated rings. The van der Waals surface area contributed by atoms with Gasteiger partial charge >= 0.3 is 0 Å². The van der Waals surface area contributed by atoms with Crippen LogP contribution in [0.2, 0.25) is 0 Å². The van der Waals surface area contributed by atoms with E-state index in [0.29, 0.717) is 37.9 Å². The summed E-state index contributed by atoms with van der Waals surface area (Å²) < 4.78 is 47.2. The quantitative estimate of drug-likeness (QED) is 0.740. The van der Waals surface area contributed by atoms with Crippen LogP contribution < -0.4 is 4.74 Å². The first-order valence-electron chi connectivity index (χ1n) is 9.98. The van der Waals surface area contributed by atoms with E-state index >= 15 is 0 Å². The molecule has 0 unspecified atom stereocenters. The van der Waals surface area contributed by atoms with E-state index in [9.17, 15) is 12.8 Å². The number of benzene rings is 1. The zero-order chi connectivity index (χ0) is 20.0. The van der Waals surface area contributed by atoms with Crippen LogP contribution in [0.5, 0.6) is 5.88 Å². The summed E-state index contributed by atoms with van der Waals surface area (Å²) in [5.41, 5.74) is 1.02. The molecule has 3 heterocycles. The molecule has 0 amide bonds. The monoisotopic (exact) mass is 418 g/mol. The Morgan fingerprint density at radius 2 is 1.90 bits per heavy atom. The van der Waals surface area contributed by atoms with Crippen molar-refractivity contribution in [2.45, 2.75) is 42.2 Å². The number of ether oxygens (including phenoxy) is 1. The highest BCUT2D eigenvalue weighted by Crippen LogP contribution is 2.38. The number of hydrogen-bond donors (Lipinski definition) is 0. The molecule has 0 bridgehead atoms. The van der Waals surface area contributed by atoms with Gasteiger partial charge in [0.1, 0.15) is 16.8 Å². The van der Waals surface area contributed by atoms with Crippen LogP contribution in [0.15, 0.2) is 41.6 Å². The van der Waals surface area contributed by atoms with Crippen molar-refractivity contribution in [1.82, 2.24) is 19.2 Å². The minimum Gasteiger partial charge on any atom is -0.472 e.